The Morgan fingerprint density at radius 1 is 0.652 bits per heavy atom. The largest absolute Gasteiger partial charge is 0.394 e. The van der Waals surface area contributed by atoms with Crippen LogP contribution in [0.3, 0.4) is 0 Å². The molecule has 0 radical (unpaired) electrons. The minimum Gasteiger partial charge on any atom is -0.394 e. The molecule has 0 aromatic heterocycles. The molecule has 0 bridgehead atoms. The van der Waals surface area contributed by atoms with E-state index in [0.717, 1.165) is 0 Å². The summed E-state index contributed by atoms with van der Waals surface area (Å²) in [7, 11) is 0. The molecule has 0 aliphatic carbocycles. The maximum atomic E-state index is 10.00. The van der Waals surface area contributed by atoms with Gasteiger partial charge in [0.2, 0.25) is 0 Å². The van der Waals surface area contributed by atoms with Gasteiger partial charge in [-0.3, -0.25) is 0 Å². The average molecular weight is 342 g/mol. The molecular formula is C12H22O11. The highest BCUT2D eigenvalue weighted by Gasteiger charge is 2.50. The molecule has 0 unspecified atom stereocenters. The van der Waals surface area contributed by atoms with Crippen molar-refractivity contribution in [1.29, 1.82) is 0 Å². The average Bonchev–Trinajstić information content (AvgIpc) is 2.54. The van der Waals surface area contributed by atoms with Crippen molar-refractivity contribution in [3.05, 3.63) is 0 Å². The molecule has 0 aromatic rings. The van der Waals surface area contributed by atoms with Crippen molar-refractivity contribution >= 4 is 0 Å². The molecule has 8 N–H and O–H groups in total. The Morgan fingerprint density at radius 3 is 1.78 bits per heavy atom. The molecule has 0 aromatic carbocycles. The van der Waals surface area contributed by atoms with E-state index in [1.165, 1.54) is 0 Å². The van der Waals surface area contributed by atoms with Gasteiger partial charge in [-0.2, -0.15) is 0 Å². The van der Waals surface area contributed by atoms with Gasteiger partial charge in [-0.25, -0.2) is 0 Å². The van der Waals surface area contributed by atoms with E-state index in [9.17, 15) is 30.6 Å². The first-order valence-corrected chi connectivity index (χ1v) is 7.08. The van der Waals surface area contributed by atoms with Gasteiger partial charge in [0.25, 0.3) is 0 Å². The molecule has 2 rings (SSSR count). The molecule has 11 heteroatoms. The van der Waals surface area contributed by atoms with Crippen molar-refractivity contribution in [3.63, 3.8) is 0 Å². The summed E-state index contributed by atoms with van der Waals surface area (Å²) in [6, 6.07) is 0. The highest BCUT2D eigenvalue weighted by atomic mass is 16.7. The first-order valence-electron chi connectivity index (χ1n) is 7.08. The SMILES string of the molecule is OC[C@H]1O[C@H](O)[C@H](O)[C@@H](O[C@H]2O[C@H](CO)[C@@H](O)[C@H](O)[C@H]2O)[C@H]1O. The Hall–Kier alpha value is -0.440. The molecular weight excluding hydrogens is 320 g/mol. The van der Waals surface area contributed by atoms with Crippen LogP contribution in [0, 0.1) is 0 Å². The Labute approximate surface area is 130 Å². The zero-order valence-corrected chi connectivity index (χ0v) is 12.0. The lowest BCUT2D eigenvalue weighted by atomic mass is 9.97. The van der Waals surface area contributed by atoms with Crippen LogP contribution in [0.15, 0.2) is 0 Å². The lowest BCUT2D eigenvalue weighted by Crippen LogP contribution is -2.64. The van der Waals surface area contributed by atoms with E-state index >= 15 is 0 Å². The molecule has 2 heterocycles. The second-order valence-corrected chi connectivity index (χ2v) is 5.53. The van der Waals surface area contributed by atoms with E-state index in [-0.39, 0.29) is 0 Å². The van der Waals surface area contributed by atoms with E-state index in [0.29, 0.717) is 0 Å². The van der Waals surface area contributed by atoms with Crippen molar-refractivity contribution in [2.75, 3.05) is 13.2 Å². The summed E-state index contributed by atoms with van der Waals surface area (Å²) in [6.45, 7) is -1.34. The molecule has 2 aliphatic heterocycles. The summed E-state index contributed by atoms with van der Waals surface area (Å²) < 4.78 is 15.1. The molecule has 10 atom stereocenters. The highest BCUT2D eigenvalue weighted by molar-refractivity contribution is 4.93. The minimum absolute atomic E-state index is 0.667. The Balaban J connectivity index is 2.11. The highest BCUT2D eigenvalue weighted by Crippen LogP contribution is 2.28. The van der Waals surface area contributed by atoms with Crippen LogP contribution in [0.1, 0.15) is 0 Å². The van der Waals surface area contributed by atoms with Crippen molar-refractivity contribution in [3.8, 4) is 0 Å². The topological polar surface area (TPSA) is 190 Å². The standard InChI is InChI=1S/C12H22O11/c13-1-3-5(15)7(17)8(18)12(22-3)23-10-6(16)4(2-14)21-11(20)9(10)19/h3-20H,1-2H2/t3-,4-,5-,6+,7+,8-,9-,10+,11+,12-/m1/s1. The maximum absolute atomic E-state index is 10.00. The number of aliphatic hydroxyl groups excluding tert-OH is 8. The summed E-state index contributed by atoms with van der Waals surface area (Å²) in [5.74, 6) is 0. The van der Waals surface area contributed by atoms with Crippen LogP contribution >= 0.6 is 0 Å². The number of ether oxygens (including phenoxy) is 3. The molecule has 11 nitrogen and oxygen atoms in total. The Kier molecular flexibility index (Phi) is 6.27. The molecule has 23 heavy (non-hydrogen) atoms. The fourth-order valence-electron chi connectivity index (χ4n) is 2.56. The molecule has 0 amide bonds. The van der Waals surface area contributed by atoms with Crippen LogP contribution in [0.4, 0.5) is 0 Å². The number of rotatable bonds is 4. The molecule has 2 fully saturated rings. The van der Waals surface area contributed by atoms with Crippen LogP contribution in [0.25, 0.3) is 0 Å². The quantitative estimate of drug-likeness (QED) is 0.243. The van der Waals surface area contributed by atoms with Crippen molar-refractivity contribution < 1.29 is 55.1 Å². The van der Waals surface area contributed by atoms with E-state index in [1.807, 2.05) is 0 Å². The number of hydrogen-bond acceptors (Lipinski definition) is 11. The second kappa shape index (κ2) is 7.63. The monoisotopic (exact) mass is 342 g/mol. The van der Waals surface area contributed by atoms with Gasteiger partial charge in [0.15, 0.2) is 12.6 Å². The molecule has 136 valence electrons. The van der Waals surface area contributed by atoms with Crippen LogP contribution < -0.4 is 0 Å². The normalized spacial score (nSPS) is 51.7. The predicted molar refractivity (Wildman–Crippen MR) is 68.6 cm³/mol. The van der Waals surface area contributed by atoms with Crippen LogP contribution in [0.2, 0.25) is 0 Å². The summed E-state index contributed by atoms with van der Waals surface area (Å²) in [6.07, 6.45) is -15.7. The Bertz CT molecular complexity index is 380. The molecule has 2 aliphatic rings. The summed E-state index contributed by atoms with van der Waals surface area (Å²) >= 11 is 0. The maximum Gasteiger partial charge on any atom is 0.187 e. The zero-order chi connectivity index (χ0) is 17.3. The minimum atomic E-state index is -1.76. The van der Waals surface area contributed by atoms with E-state index in [4.69, 9.17) is 24.4 Å². The summed E-state index contributed by atoms with van der Waals surface area (Å²) in [5, 5.41) is 76.8. The van der Waals surface area contributed by atoms with Gasteiger partial charge in [-0.1, -0.05) is 0 Å². The number of aliphatic hydroxyl groups is 8. The number of hydrogen-bond donors (Lipinski definition) is 8. The third kappa shape index (κ3) is 3.65. The van der Waals surface area contributed by atoms with Crippen molar-refractivity contribution in [2.45, 2.75) is 61.4 Å². The van der Waals surface area contributed by atoms with Crippen LogP contribution in [0.5, 0.6) is 0 Å². The van der Waals surface area contributed by atoms with Gasteiger partial charge in [0.05, 0.1) is 13.2 Å². The van der Waals surface area contributed by atoms with E-state index in [1.54, 1.807) is 0 Å². The van der Waals surface area contributed by atoms with E-state index < -0.39 is 74.6 Å². The molecule has 0 spiro atoms. The molecule has 2 saturated heterocycles. The predicted octanol–water partition coefficient (Wildman–Crippen LogP) is -5.40. The van der Waals surface area contributed by atoms with Crippen LogP contribution in [-0.4, -0.2) is 115 Å². The van der Waals surface area contributed by atoms with Gasteiger partial charge < -0.3 is 55.1 Å². The Morgan fingerprint density at radius 2 is 1.22 bits per heavy atom. The first-order chi connectivity index (χ1) is 10.8. The third-order valence-electron chi connectivity index (χ3n) is 3.98. The summed E-state index contributed by atoms with van der Waals surface area (Å²) in [4.78, 5) is 0. The van der Waals surface area contributed by atoms with E-state index in [2.05, 4.69) is 0 Å². The first kappa shape index (κ1) is 18.9. The summed E-state index contributed by atoms with van der Waals surface area (Å²) in [5.41, 5.74) is 0. The van der Waals surface area contributed by atoms with Gasteiger partial charge in [0.1, 0.15) is 48.8 Å². The van der Waals surface area contributed by atoms with Gasteiger partial charge in [-0.15, -0.1) is 0 Å². The van der Waals surface area contributed by atoms with Crippen LogP contribution in [-0.2, 0) is 14.2 Å². The second-order valence-electron chi connectivity index (χ2n) is 5.53. The van der Waals surface area contributed by atoms with Gasteiger partial charge >= 0.3 is 0 Å². The van der Waals surface area contributed by atoms with Crippen molar-refractivity contribution in [2.24, 2.45) is 0 Å². The fraction of sp³-hybridized carbons (Fsp3) is 1.00. The van der Waals surface area contributed by atoms with Gasteiger partial charge in [0, 0.05) is 0 Å². The van der Waals surface area contributed by atoms with Gasteiger partial charge in [-0.05, 0) is 0 Å². The lowest BCUT2D eigenvalue weighted by Gasteiger charge is -2.45. The van der Waals surface area contributed by atoms with Crippen molar-refractivity contribution in [1.82, 2.24) is 0 Å². The molecule has 0 saturated carbocycles. The fourth-order valence-corrected chi connectivity index (χ4v) is 2.56. The third-order valence-corrected chi connectivity index (χ3v) is 3.98. The zero-order valence-electron chi connectivity index (χ0n) is 12.0. The smallest absolute Gasteiger partial charge is 0.187 e. The lowest BCUT2D eigenvalue weighted by molar-refractivity contribution is -0.355.